The fraction of sp³-hybridized carbons (Fsp3) is 0.222. The van der Waals surface area contributed by atoms with Crippen LogP contribution in [0.15, 0.2) is 23.2 Å². The Morgan fingerprint density at radius 1 is 1.56 bits per heavy atom. The highest BCUT2D eigenvalue weighted by atomic mass is 16.8. The molecule has 0 heterocycles. The third-order valence-electron chi connectivity index (χ3n) is 1.73. The highest BCUT2D eigenvalue weighted by Crippen LogP contribution is 2.30. The van der Waals surface area contributed by atoms with Gasteiger partial charge in [-0.1, -0.05) is 0 Å². The zero-order valence-electron chi connectivity index (χ0n) is 8.62. The lowest BCUT2D eigenvalue weighted by atomic mass is 10.2. The molecule has 1 rings (SSSR count). The number of aliphatic imine (C=N–C) groups is 1. The zero-order valence-corrected chi connectivity index (χ0v) is 8.62. The van der Waals surface area contributed by atoms with Crippen molar-refractivity contribution in [2.24, 2.45) is 4.99 Å². The zero-order chi connectivity index (χ0) is 12.0. The second-order valence-corrected chi connectivity index (χ2v) is 2.75. The molecule has 0 radical (unpaired) electrons. The molecule has 0 bridgehead atoms. The Balaban J connectivity index is 3.04. The van der Waals surface area contributed by atoms with Crippen LogP contribution < -0.4 is 15.4 Å². The van der Waals surface area contributed by atoms with Gasteiger partial charge in [0.1, 0.15) is 11.4 Å². The van der Waals surface area contributed by atoms with Crippen LogP contribution in [0.4, 0.5) is 11.4 Å². The van der Waals surface area contributed by atoms with E-state index in [0.717, 1.165) is 6.34 Å². The number of hydrogen-bond donors (Lipinski definition) is 3. The standard InChI is InChI=1S/C9H12N3O4/c1-2-16-7-3-4-8(10-6-11-13)9(5-7)12(14)15/h3-6,14-15H,2H2,1H3,(H-,10,11,13)/q-1. The van der Waals surface area contributed by atoms with E-state index in [2.05, 4.69) is 4.99 Å². The van der Waals surface area contributed by atoms with Crippen LogP contribution in [0, 0.1) is 5.21 Å². The Morgan fingerprint density at radius 3 is 2.88 bits per heavy atom. The lowest BCUT2D eigenvalue weighted by Gasteiger charge is -2.13. The Morgan fingerprint density at radius 2 is 2.31 bits per heavy atom. The first-order chi connectivity index (χ1) is 7.69. The molecule has 0 unspecified atom stereocenters. The van der Waals surface area contributed by atoms with E-state index in [1.165, 1.54) is 17.6 Å². The molecule has 0 aliphatic carbocycles. The highest BCUT2D eigenvalue weighted by molar-refractivity contribution is 5.72. The van der Waals surface area contributed by atoms with Crippen molar-refractivity contribution in [3.8, 4) is 5.75 Å². The normalized spacial score (nSPS) is 10.5. The number of ether oxygens (including phenoxy) is 1. The van der Waals surface area contributed by atoms with Gasteiger partial charge in [0.05, 0.1) is 18.6 Å². The summed E-state index contributed by atoms with van der Waals surface area (Å²) in [6, 6.07) is 4.49. The number of benzene rings is 1. The largest absolute Gasteiger partial charge is 0.760 e. The number of rotatable bonds is 5. The molecule has 7 heteroatoms. The summed E-state index contributed by atoms with van der Waals surface area (Å²) in [4.78, 5) is 3.68. The van der Waals surface area contributed by atoms with Gasteiger partial charge < -0.3 is 15.4 Å². The van der Waals surface area contributed by atoms with Crippen molar-refractivity contribution in [1.29, 1.82) is 0 Å². The van der Waals surface area contributed by atoms with Crippen molar-refractivity contribution >= 4 is 17.7 Å². The van der Waals surface area contributed by atoms with Crippen molar-refractivity contribution < 1.29 is 15.2 Å². The average Bonchev–Trinajstić information content (AvgIpc) is 2.27. The Kier molecular flexibility index (Phi) is 4.52. The van der Waals surface area contributed by atoms with Gasteiger partial charge in [0.2, 0.25) is 0 Å². The fourth-order valence-corrected chi connectivity index (χ4v) is 1.12. The highest BCUT2D eigenvalue weighted by Gasteiger charge is 2.08. The summed E-state index contributed by atoms with van der Waals surface area (Å²) in [7, 11) is 0. The first-order valence-electron chi connectivity index (χ1n) is 4.54. The molecule has 1 aromatic carbocycles. The van der Waals surface area contributed by atoms with Gasteiger partial charge in [0.15, 0.2) is 0 Å². The van der Waals surface area contributed by atoms with E-state index in [-0.39, 0.29) is 16.6 Å². The smallest absolute Gasteiger partial charge is 0.124 e. The summed E-state index contributed by atoms with van der Waals surface area (Å²) < 4.78 is 5.18. The number of nitrogens with one attached hydrogen (secondary N) is 1. The molecule has 0 saturated heterocycles. The second kappa shape index (κ2) is 5.91. The van der Waals surface area contributed by atoms with Crippen LogP contribution in [0.5, 0.6) is 5.75 Å². The van der Waals surface area contributed by atoms with Crippen molar-refractivity contribution in [3.63, 3.8) is 0 Å². The van der Waals surface area contributed by atoms with E-state index in [1.54, 1.807) is 6.07 Å². The molecule has 0 saturated carbocycles. The summed E-state index contributed by atoms with van der Waals surface area (Å²) in [5.41, 5.74) is 1.70. The predicted molar refractivity (Wildman–Crippen MR) is 58.3 cm³/mol. The van der Waals surface area contributed by atoms with Crippen LogP contribution in [-0.4, -0.2) is 23.4 Å². The molecule has 3 N–H and O–H groups in total. The van der Waals surface area contributed by atoms with Crippen molar-refractivity contribution in [2.75, 3.05) is 11.8 Å². The first kappa shape index (κ1) is 12.2. The predicted octanol–water partition coefficient (Wildman–Crippen LogP) is 1.42. The van der Waals surface area contributed by atoms with Crippen molar-refractivity contribution in [3.05, 3.63) is 23.4 Å². The third-order valence-corrected chi connectivity index (χ3v) is 1.73. The Bertz CT molecular complexity index is 368. The SMILES string of the molecule is CCOc1ccc(N=CN[O-])c(N(O)O)c1. The lowest BCUT2D eigenvalue weighted by Crippen LogP contribution is -2.11. The quantitative estimate of drug-likeness (QED) is 0.399. The number of hydroxylamine groups is 1. The molecule has 0 spiro atoms. The number of hydrogen-bond acceptors (Lipinski definition) is 6. The van der Waals surface area contributed by atoms with E-state index in [4.69, 9.17) is 15.2 Å². The van der Waals surface area contributed by atoms with Crippen LogP contribution in [0.1, 0.15) is 6.92 Å². The van der Waals surface area contributed by atoms with Crippen LogP contribution in [0.25, 0.3) is 0 Å². The topological polar surface area (TPSA) is 100 Å². The summed E-state index contributed by atoms with van der Waals surface area (Å²) in [5.74, 6) is 0.472. The second-order valence-electron chi connectivity index (χ2n) is 2.75. The average molecular weight is 226 g/mol. The van der Waals surface area contributed by atoms with Crippen LogP contribution in [-0.2, 0) is 0 Å². The molecule has 1 aromatic rings. The minimum absolute atomic E-state index is 0.0115. The molecule has 0 aromatic heterocycles. The molecular formula is C9H12N3O4-. The van der Waals surface area contributed by atoms with Crippen LogP contribution in [0.3, 0.4) is 0 Å². The van der Waals surface area contributed by atoms with Gasteiger partial charge in [0.25, 0.3) is 0 Å². The molecule has 0 aliphatic heterocycles. The molecule has 0 aliphatic rings. The maximum absolute atomic E-state index is 9.99. The van der Waals surface area contributed by atoms with Crippen molar-refractivity contribution in [1.82, 2.24) is 5.48 Å². The lowest BCUT2D eigenvalue weighted by molar-refractivity contribution is 0.0293. The summed E-state index contributed by atoms with van der Waals surface area (Å²) in [5, 5.41) is 27.8. The van der Waals surface area contributed by atoms with Gasteiger partial charge >= 0.3 is 0 Å². The molecule has 0 amide bonds. The van der Waals surface area contributed by atoms with E-state index in [0.29, 0.717) is 12.4 Å². The first-order valence-corrected chi connectivity index (χ1v) is 4.54. The molecule has 16 heavy (non-hydrogen) atoms. The molecular weight excluding hydrogens is 214 g/mol. The minimum atomic E-state index is -0.0833. The van der Waals surface area contributed by atoms with Gasteiger partial charge in [0, 0.05) is 6.07 Å². The Labute approximate surface area is 92.1 Å². The molecule has 0 atom stereocenters. The minimum Gasteiger partial charge on any atom is -0.760 e. The van der Waals surface area contributed by atoms with Gasteiger partial charge in [-0.3, -0.25) is 10.4 Å². The summed E-state index contributed by atoms with van der Waals surface area (Å²) in [6.45, 7) is 2.27. The van der Waals surface area contributed by atoms with Crippen LogP contribution in [0.2, 0.25) is 0 Å². The summed E-state index contributed by atoms with van der Waals surface area (Å²) >= 11 is 0. The van der Waals surface area contributed by atoms with Gasteiger partial charge in [-0.2, -0.15) is 0 Å². The van der Waals surface area contributed by atoms with E-state index in [1.807, 2.05) is 6.92 Å². The maximum atomic E-state index is 9.99. The monoisotopic (exact) mass is 226 g/mol. The van der Waals surface area contributed by atoms with Crippen LogP contribution >= 0.6 is 0 Å². The molecule has 0 fully saturated rings. The molecule has 88 valence electrons. The maximum Gasteiger partial charge on any atom is 0.124 e. The number of anilines is 1. The van der Waals surface area contributed by atoms with Gasteiger partial charge in [-0.05, 0) is 19.1 Å². The summed E-state index contributed by atoms with van der Waals surface area (Å²) in [6.07, 6.45) is 0.892. The van der Waals surface area contributed by atoms with E-state index >= 15 is 0 Å². The van der Waals surface area contributed by atoms with Gasteiger partial charge in [-0.25, -0.2) is 4.99 Å². The van der Waals surface area contributed by atoms with E-state index in [9.17, 15) is 5.21 Å². The van der Waals surface area contributed by atoms with Crippen molar-refractivity contribution in [2.45, 2.75) is 6.92 Å². The van der Waals surface area contributed by atoms with E-state index < -0.39 is 0 Å². The van der Waals surface area contributed by atoms with Gasteiger partial charge in [-0.15, -0.1) is 5.23 Å². The fourth-order valence-electron chi connectivity index (χ4n) is 1.12. The number of nitrogens with zero attached hydrogens (tertiary/aromatic N) is 2. The molecule has 7 nitrogen and oxygen atoms in total. The Hall–Kier alpha value is -1.83. The third kappa shape index (κ3) is 3.09.